The van der Waals surface area contributed by atoms with Gasteiger partial charge >= 0.3 is 0 Å². The van der Waals surface area contributed by atoms with Crippen molar-refractivity contribution in [2.24, 2.45) is 5.92 Å². The summed E-state index contributed by atoms with van der Waals surface area (Å²) in [6.07, 6.45) is 6.04. The first-order valence-electron chi connectivity index (χ1n) is 6.82. The molecule has 0 spiro atoms. The van der Waals surface area contributed by atoms with Crippen LogP contribution in [0.1, 0.15) is 24.8 Å². The third kappa shape index (κ3) is 2.06. The molecule has 4 nitrogen and oxygen atoms in total. The van der Waals surface area contributed by atoms with Crippen LogP contribution in [0.25, 0.3) is 0 Å². The number of benzene rings is 1. The maximum absolute atomic E-state index is 12.7. The standard InChI is InChI=1S/C15H17NO3S/c1-11-6-8-14(9-7-11)20(18,19)16-13-5-3-2-4-12(10-13)15(16)17/h3,5-9,12-13H,2,4,10H2,1H3. The van der Waals surface area contributed by atoms with E-state index >= 15 is 0 Å². The van der Waals surface area contributed by atoms with E-state index in [2.05, 4.69) is 0 Å². The monoisotopic (exact) mass is 291 g/mol. The first-order chi connectivity index (χ1) is 9.50. The lowest BCUT2D eigenvalue weighted by Crippen LogP contribution is -2.38. The summed E-state index contributed by atoms with van der Waals surface area (Å²) in [5.41, 5.74) is 0.993. The molecule has 1 aromatic rings. The number of fused-ring (bicyclic) bond motifs is 2. The highest BCUT2D eigenvalue weighted by atomic mass is 32.2. The molecule has 106 valence electrons. The average Bonchev–Trinajstić information content (AvgIpc) is 2.59. The van der Waals surface area contributed by atoms with Crippen molar-refractivity contribution < 1.29 is 13.2 Å². The van der Waals surface area contributed by atoms with Gasteiger partial charge in [0.25, 0.3) is 10.0 Å². The topological polar surface area (TPSA) is 54.5 Å². The molecule has 1 aliphatic carbocycles. The first-order valence-corrected chi connectivity index (χ1v) is 8.26. The Labute approximate surface area is 119 Å². The molecule has 2 aliphatic rings. The number of sulfonamides is 1. The van der Waals surface area contributed by atoms with Crippen molar-refractivity contribution in [1.29, 1.82) is 0 Å². The minimum atomic E-state index is -3.74. The van der Waals surface area contributed by atoms with Crippen LogP contribution in [-0.4, -0.2) is 24.7 Å². The van der Waals surface area contributed by atoms with Crippen LogP contribution in [0.5, 0.6) is 0 Å². The van der Waals surface area contributed by atoms with Gasteiger partial charge in [0.05, 0.1) is 10.9 Å². The normalized spacial score (nSPS) is 25.9. The van der Waals surface area contributed by atoms with Crippen molar-refractivity contribution >= 4 is 15.9 Å². The molecule has 2 unspecified atom stereocenters. The summed E-state index contributed by atoms with van der Waals surface area (Å²) in [6, 6.07) is 6.32. The van der Waals surface area contributed by atoms with Crippen LogP contribution in [0.4, 0.5) is 0 Å². The van der Waals surface area contributed by atoms with E-state index in [1.54, 1.807) is 24.3 Å². The highest BCUT2D eigenvalue weighted by Crippen LogP contribution is 2.35. The molecule has 0 saturated carbocycles. The van der Waals surface area contributed by atoms with Gasteiger partial charge in [-0.05, 0) is 38.3 Å². The third-order valence-electron chi connectivity index (χ3n) is 4.01. The van der Waals surface area contributed by atoms with Crippen LogP contribution in [0.15, 0.2) is 41.3 Å². The van der Waals surface area contributed by atoms with E-state index in [0.29, 0.717) is 6.42 Å². The van der Waals surface area contributed by atoms with Gasteiger partial charge in [-0.25, -0.2) is 12.7 Å². The van der Waals surface area contributed by atoms with Gasteiger partial charge < -0.3 is 0 Å². The van der Waals surface area contributed by atoms with Crippen LogP contribution in [0.3, 0.4) is 0 Å². The number of hydrogen-bond acceptors (Lipinski definition) is 3. The van der Waals surface area contributed by atoms with E-state index in [-0.39, 0.29) is 22.8 Å². The summed E-state index contributed by atoms with van der Waals surface area (Å²) in [4.78, 5) is 12.5. The number of nitrogens with zero attached hydrogens (tertiary/aromatic N) is 1. The van der Waals surface area contributed by atoms with Crippen molar-refractivity contribution in [3.05, 3.63) is 42.0 Å². The molecule has 1 amide bonds. The molecule has 1 saturated heterocycles. The second-order valence-corrected chi connectivity index (χ2v) is 7.27. The summed E-state index contributed by atoms with van der Waals surface area (Å²) in [5.74, 6) is -0.407. The molecule has 5 heteroatoms. The molecule has 1 aliphatic heterocycles. The number of carbonyl (C=O) groups excluding carboxylic acids is 1. The van der Waals surface area contributed by atoms with Crippen LogP contribution in [-0.2, 0) is 14.8 Å². The Kier molecular flexibility index (Phi) is 3.17. The molecular weight excluding hydrogens is 274 g/mol. The highest BCUT2D eigenvalue weighted by molar-refractivity contribution is 7.89. The van der Waals surface area contributed by atoms with Crippen LogP contribution in [0.2, 0.25) is 0 Å². The fourth-order valence-corrected chi connectivity index (χ4v) is 4.51. The fourth-order valence-electron chi connectivity index (χ4n) is 2.90. The summed E-state index contributed by atoms with van der Waals surface area (Å²) in [6.45, 7) is 1.90. The Hall–Kier alpha value is -1.62. The first kappa shape index (κ1) is 13.4. The quantitative estimate of drug-likeness (QED) is 0.785. The Morgan fingerprint density at radius 2 is 1.90 bits per heavy atom. The predicted octanol–water partition coefficient (Wildman–Crippen LogP) is 2.25. The maximum Gasteiger partial charge on any atom is 0.267 e. The Morgan fingerprint density at radius 3 is 2.60 bits per heavy atom. The molecule has 2 bridgehead atoms. The van der Waals surface area contributed by atoms with Gasteiger partial charge in [-0.2, -0.15) is 0 Å². The molecule has 1 heterocycles. The van der Waals surface area contributed by atoms with Gasteiger partial charge in [0.1, 0.15) is 0 Å². The predicted molar refractivity (Wildman–Crippen MR) is 75.5 cm³/mol. The Balaban J connectivity index is 2.02. The minimum absolute atomic E-state index is 0.157. The van der Waals surface area contributed by atoms with Gasteiger partial charge in [-0.3, -0.25) is 4.79 Å². The van der Waals surface area contributed by atoms with Gasteiger partial charge in [0.15, 0.2) is 0 Å². The van der Waals surface area contributed by atoms with E-state index in [4.69, 9.17) is 0 Å². The van der Waals surface area contributed by atoms with E-state index in [9.17, 15) is 13.2 Å². The fraction of sp³-hybridized carbons (Fsp3) is 0.400. The molecule has 3 rings (SSSR count). The summed E-state index contributed by atoms with van der Waals surface area (Å²) < 4.78 is 26.4. The molecule has 20 heavy (non-hydrogen) atoms. The summed E-state index contributed by atoms with van der Waals surface area (Å²) >= 11 is 0. The van der Waals surface area contributed by atoms with E-state index in [1.807, 2.05) is 19.1 Å². The molecule has 1 aromatic carbocycles. The van der Waals surface area contributed by atoms with Crippen molar-refractivity contribution in [2.45, 2.75) is 37.1 Å². The lowest BCUT2D eigenvalue weighted by molar-refractivity contribution is -0.127. The Bertz CT molecular complexity index is 661. The number of carbonyl (C=O) groups is 1. The zero-order chi connectivity index (χ0) is 14.3. The van der Waals surface area contributed by atoms with Crippen LogP contribution >= 0.6 is 0 Å². The largest absolute Gasteiger partial charge is 0.273 e. The highest BCUT2D eigenvalue weighted by Gasteiger charge is 2.45. The van der Waals surface area contributed by atoms with Gasteiger partial charge in [0, 0.05) is 5.92 Å². The lowest BCUT2D eigenvalue weighted by Gasteiger charge is -2.23. The molecule has 0 N–H and O–H groups in total. The number of allylic oxidation sites excluding steroid dienone is 1. The molecule has 2 atom stereocenters. The van der Waals surface area contributed by atoms with Gasteiger partial charge in [-0.1, -0.05) is 29.8 Å². The number of hydrogen-bond donors (Lipinski definition) is 0. The SMILES string of the molecule is Cc1ccc(S(=O)(=O)N2C(=O)C3CCC=CC2C3)cc1. The van der Waals surface area contributed by atoms with E-state index in [1.165, 1.54) is 0 Å². The zero-order valence-electron chi connectivity index (χ0n) is 11.3. The van der Waals surface area contributed by atoms with E-state index in [0.717, 1.165) is 22.7 Å². The van der Waals surface area contributed by atoms with Crippen LogP contribution in [0, 0.1) is 12.8 Å². The molecule has 1 fully saturated rings. The summed E-state index contributed by atoms with van der Waals surface area (Å²) in [5, 5.41) is 0. The number of amides is 1. The molecular formula is C15H17NO3S. The lowest BCUT2D eigenvalue weighted by atomic mass is 10.0. The van der Waals surface area contributed by atoms with Crippen molar-refractivity contribution in [3.8, 4) is 0 Å². The van der Waals surface area contributed by atoms with Crippen molar-refractivity contribution in [2.75, 3.05) is 0 Å². The molecule has 0 aromatic heterocycles. The van der Waals surface area contributed by atoms with Gasteiger partial charge in [0.2, 0.25) is 5.91 Å². The second kappa shape index (κ2) is 4.74. The van der Waals surface area contributed by atoms with Crippen molar-refractivity contribution in [3.63, 3.8) is 0 Å². The smallest absolute Gasteiger partial charge is 0.267 e. The van der Waals surface area contributed by atoms with Gasteiger partial charge in [-0.15, -0.1) is 0 Å². The zero-order valence-corrected chi connectivity index (χ0v) is 12.1. The third-order valence-corrected chi connectivity index (χ3v) is 5.85. The Morgan fingerprint density at radius 1 is 1.20 bits per heavy atom. The van der Waals surface area contributed by atoms with E-state index < -0.39 is 10.0 Å². The summed E-state index contributed by atoms with van der Waals surface area (Å²) in [7, 11) is -3.74. The van der Waals surface area contributed by atoms with Crippen molar-refractivity contribution in [1.82, 2.24) is 4.31 Å². The molecule has 0 radical (unpaired) electrons. The average molecular weight is 291 g/mol. The second-order valence-electron chi connectivity index (χ2n) is 5.46. The maximum atomic E-state index is 12.7. The number of aryl methyl sites for hydroxylation is 1. The van der Waals surface area contributed by atoms with Crippen LogP contribution < -0.4 is 0 Å². The minimum Gasteiger partial charge on any atom is -0.273 e. The number of rotatable bonds is 2.